The normalized spacial score (nSPS) is 11.8. The molecule has 0 bridgehead atoms. The fourth-order valence-electron chi connectivity index (χ4n) is 2.19. The first kappa shape index (κ1) is 17.3. The highest BCUT2D eigenvalue weighted by Crippen LogP contribution is 2.17. The molecular formula is C17H19BrN2O3. The second-order valence-corrected chi connectivity index (χ2v) is 6.29. The maximum absolute atomic E-state index is 12.1. The summed E-state index contributed by atoms with van der Waals surface area (Å²) in [5, 5.41) is 2.74. The van der Waals surface area contributed by atoms with Gasteiger partial charge in [-0.3, -0.25) is 9.59 Å². The number of aryl methyl sites for hydroxylation is 2. The van der Waals surface area contributed by atoms with E-state index in [2.05, 4.69) is 26.2 Å². The molecule has 1 heterocycles. The molecule has 2 rings (SSSR count). The Bertz CT molecular complexity index is 753. The van der Waals surface area contributed by atoms with Gasteiger partial charge in [-0.1, -0.05) is 15.9 Å². The smallest absolute Gasteiger partial charge is 0.261 e. The topological polar surface area (TPSA) is 71.2 Å². The lowest BCUT2D eigenvalue weighted by atomic mass is 10.1. The molecule has 0 aliphatic heterocycles. The van der Waals surface area contributed by atoms with Crippen molar-refractivity contribution in [1.82, 2.24) is 10.3 Å². The van der Waals surface area contributed by atoms with Crippen LogP contribution in [0.5, 0.6) is 5.75 Å². The van der Waals surface area contributed by atoms with Gasteiger partial charge in [0, 0.05) is 22.3 Å². The van der Waals surface area contributed by atoms with Crippen LogP contribution in [0.1, 0.15) is 23.7 Å². The minimum Gasteiger partial charge on any atom is -0.481 e. The van der Waals surface area contributed by atoms with Crippen molar-refractivity contribution >= 4 is 21.8 Å². The summed E-state index contributed by atoms with van der Waals surface area (Å²) in [6.45, 7) is 5.52. The predicted octanol–water partition coefficient (Wildman–Crippen LogP) is 2.84. The summed E-state index contributed by atoms with van der Waals surface area (Å²) in [6.07, 6.45) is -0.652. The van der Waals surface area contributed by atoms with E-state index >= 15 is 0 Å². The maximum atomic E-state index is 12.1. The lowest BCUT2D eigenvalue weighted by Crippen LogP contribution is -2.37. The van der Waals surface area contributed by atoms with E-state index in [1.165, 1.54) is 0 Å². The molecule has 122 valence electrons. The van der Waals surface area contributed by atoms with Crippen LogP contribution in [0, 0.1) is 13.8 Å². The molecule has 1 amide bonds. The van der Waals surface area contributed by atoms with Crippen LogP contribution >= 0.6 is 15.9 Å². The first-order valence-electron chi connectivity index (χ1n) is 7.26. The Balaban J connectivity index is 1.97. The third-order valence-corrected chi connectivity index (χ3v) is 3.96. The van der Waals surface area contributed by atoms with Gasteiger partial charge in [-0.15, -0.1) is 0 Å². The van der Waals surface area contributed by atoms with Crippen molar-refractivity contribution in [2.45, 2.75) is 33.4 Å². The SMILES string of the molecule is Cc1cc(C)c(CNC(=O)C(C)Oc2ccc(Br)cc2)c(=O)[nH]1. The van der Waals surface area contributed by atoms with Crippen molar-refractivity contribution in [2.24, 2.45) is 0 Å². The van der Waals surface area contributed by atoms with Gasteiger partial charge in [0.1, 0.15) is 5.75 Å². The van der Waals surface area contributed by atoms with Gasteiger partial charge < -0.3 is 15.0 Å². The Morgan fingerprint density at radius 3 is 2.57 bits per heavy atom. The monoisotopic (exact) mass is 378 g/mol. The molecule has 0 fully saturated rings. The Labute approximate surface area is 143 Å². The van der Waals surface area contributed by atoms with E-state index in [0.29, 0.717) is 11.3 Å². The molecule has 0 spiro atoms. The van der Waals surface area contributed by atoms with Crippen LogP contribution in [0.2, 0.25) is 0 Å². The van der Waals surface area contributed by atoms with E-state index in [9.17, 15) is 9.59 Å². The van der Waals surface area contributed by atoms with Crippen molar-refractivity contribution in [3.8, 4) is 5.75 Å². The van der Waals surface area contributed by atoms with Crippen LogP contribution in [-0.2, 0) is 11.3 Å². The van der Waals surface area contributed by atoms with Crippen LogP contribution in [-0.4, -0.2) is 17.0 Å². The lowest BCUT2D eigenvalue weighted by molar-refractivity contribution is -0.127. The number of hydrogen-bond acceptors (Lipinski definition) is 3. The molecule has 0 aliphatic carbocycles. The van der Waals surface area contributed by atoms with E-state index in [1.807, 2.05) is 32.0 Å². The van der Waals surface area contributed by atoms with Gasteiger partial charge in [0.25, 0.3) is 11.5 Å². The zero-order chi connectivity index (χ0) is 17.0. The summed E-state index contributed by atoms with van der Waals surface area (Å²) < 4.78 is 6.52. The Morgan fingerprint density at radius 2 is 1.96 bits per heavy atom. The first-order chi connectivity index (χ1) is 10.9. The van der Waals surface area contributed by atoms with Crippen LogP contribution in [0.25, 0.3) is 0 Å². The number of benzene rings is 1. The van der Waals surface area contributed by atoms with E-state index < -0.39 is 6.10 Å². The van der Waals surface area contributed by atoms with Crippen LogP contribution in [0.4, 0.5) is 0 Å². The van der Waals surface area contributed by atoms with Crippen LogP contribution in [0.3, 0.4) is 0 Å². The predicted molar refractivity (Wildman–Crippen MR) is 92.6 cm³/mol. The molecule has 6 heteroatoms. The number of carbonyl (C=O) groups is 1. The molecule has 2 N–H and O–H groups in total. The average molecular weight is 379 g/mol. The van der Waals surface area contributed by atoms with Gasteiger partial charge in [-0.2, -0.15) is 0 Å². The van der Waals surface area contributed by atoms with Crippen molar-refractivity contribution in [3.63, 3.8) is 0 Å². The Morgan fingerprint density at radius 1 is 1.30 bits per heavy atom. The number of pyridine rings is 1. The standard InChI is InChI=1S/C17H19BrN2O3/c1-10-8-11(2)20-17(22)15(10)9-19-16(21)12(3)23-14-6-4-13(18)5-7-14/h4-8,12H,9H2,1-3H3,(H,19,21)(H,20,22). The van der Waals surface area contributed by atoms with Gasteiger partial charge in [0.15, 0.2) is 6.10 Å². The van der Waals surface area contributed by atoms with Crippen LogP contribution < -0.4 is 15.6 Å². The molecule has 0 aliphatic rings. The molecule has 1 aromatic heterocycles. The molecule has 2 aromatic rings. The zero-order valence-corrected chi connectivity index (χ0v) is 14.9. The average Bonchev–Trinajstić information content (AvgIpc) is 2.48. The number of amides is 1. The highest BCUT2D eigenvalue weighted by atomic mass is 79.9. The molecule has 5 nitrogen and oxygen atoms in total. The number of H-pyrrole nitrogens is 1. The number of carbonyl (C=O) groups excluding carboxylic acids is 1. The molecule has 0 radical (unpaired) electrons. The summed E-state index contributed by atoms with van der Waals surface area (Å²) in [7, 11) is 0. The van der Waals surface area contributed by atoms with E-state index in [-0.39, 0.29) is 18.0 Å². The molecule has 0 saturated heterocycles. The molecule has 23 heavy (non-hydrogen) atoms. The molecular weight excluding hydrogens is 360 g/mol. The summed E-state index contributed by atoms with van der Waals surface area (Å²) in [6, 6.07) is 9.13. The Kier molecular flexibility index (Phi) is 5.60. The van der Waals surface area contributed by atoms with Gasteiger partial charge in [0.05, 0.1) is 0 Å². The number of rotatable bonds is 5. The van der Waals surface area contributed by atoms with Gasteiger partial charge in [-0.25, -0.2) is 0 Å². The minimum absolute atomic E-state index is 0.175. The Hall–Kier alpha value is -2.08. The highest BCUT2D eigenvalue weighted by molar-refractivity contribution is 9.10. The number of ether oxygens (including phenoxy) is 1. The summed E-state index contributed by atoms with van der Waals surface area (Å²) in [5.74, 6) is 0.340. The van der Waals surface area contributed by atoms with Crippen LogP contribution in [0.15, 0.2) is 39.6 Å². The number of aromatic amines is 1. The third kappa shape index (κ3) is 4.69. The molecule has 0 saturated carbocycles. The van der Waals surface area contributed by atoms with E-state index in [4.69, 9.17) is 4.74 Å². The lowest BCUT2D eigenvalue weighted by Gasteiger charge is -2.15. The zero-order valence-electron chi connectivity index (χ0n) is 13.3. The second-order valence-electron chi connectivity index (χ2n) is 5.37. The summed E-state index contributed by atoms with van der Waals surface area (Å²) in [4.78, 5) is 26.8. The van der Waals surface area contributed by atoms with Gasteiger partial charge >= 0.3 is 0 Å². The highest BCUT2D eigenvalue weighted by Gasteiger charge is 2.15. The van der Waals surface area contributed by atoms with E-state index in [1.54, 1.807) is 19.1 Å². The molecule has 1 aromatic carbocycles. The van der Waals surface area contributed by atoms with Crippen molar-refractivity contribution in [2.75, 3.05) is 0 Å². The van der Waals surface area contributed by atoms with Gasteiger partial charge in [0.2, 0.25) is 0 Å². The minimum atomic E-state index is -0.652. The number of hydrogen-bond donors (Lipinski definition) is 2. The largest absolute Gasteiger partial charge is 0.481 e. The fraction of sp³-hybridized carbons (Fsp3) is 0.294. The maximum Gasteiger partial charge on any atom is 0.261 e. The molecule has 1 atom stereocenters. The second kappa shape index (κ2) is 7.46. The van der Waals surface area contributed by atoms with Crippen molar-refractivity contribution < 1.29 is 9.53 Å². The first-order valence-corrected chi connectivity index (χ1v) is 8.05. The summed E-state index contributed by atoms with van der Waals surface area (Å²) in [5.41, 5.74) is 2.03. The summed E-state index contributed by atoms with van der Waals surface area (Å²) >= 11 is 3.34. The fourth-order valence-corrected chi connectivity index (χ4v) is 2.46. The number of halogens is 1. The number of nitrogens with one attached hydrogen (secondary N) is 2. The number of aromatic nitrogens is 1. The van der Waals surface area contributed by atoms with Gasteiger partial charge in [-0.05, 0) is 56.7 Å². The quantitative estimate of drug-likeness (QED) is 0.839. The van der Waals surface area contributed by atoms with Crippen molar-refractivity contribution in [3.05, 3.63) is 62.0 Å². The molecule has 1 unspecified atom stereocenters. The third-order valence-electron chi connectivity index (χ3n) is 3.43. The van der Waals surface area contributed by atoms with Crippen molar-refractivity contribution in [1.29, 1.82) is 0 Å². The van der Waals surface area contributed by atoms with E-state index in [0.717, 1.165) is 15.7 Å².